The van der Waals surface area contributed by atoms with Crippen LogP contribution in [0.5, 0.6) is 0 Å². The molecule has 0 bridgehead atoms. The number of hydrogen-bond acceptors (Lipinski definition) is 4. The van der Waals surface area contributed by atoms with Crippen LogP contribution in [0.4, 0.5) is 13.2 Å². The van der Waals surface area contributed by atoms with E-state index in [1.807, 2.05) is 23.1 Å². The number of halogens is 3. The maximum atomic E-state index is 10.7. The molecule has 0 unspecified atom stereocenters. The zero-order valence-corrected chi connectivity index (χ0v) is 21.0. The Kier molecular flexibility index (Phi) is 11.5. The van der Waals surface area contributed by atoms with Gasteiger partial charge in [0.15, 0.2) is 27.2 Å². The molecule has 0 aromatic heterocycles. The molecule has 0 saturated heterocycles. The molecule has 9 heteroatoms. The van der Waals surface area contributed by atoms with Gasteiger partial charge < -0.3 is 4.55 Å². The molecule has 182 valence electrons. The fraction of sp³-hybridized carbons (Fsp3) is 0.696. The van der Waals surface area contributed by atoms with E-state index in [4.69, 9.17) is 13.0 Å². The van der Waals surface area contributed by atoms with Gasteiger partial charge in [-0.15, -0.1) is 0 Å². The SMILES string of the molecule is CCCCCCC1CCC(c2ccc(C3=[S+]CCCS3)cc2)CC1.O=S(=O)([O-])C(F)(F)F. The minimum Gasteiger partial charge on any atom is -0.741 e. The first-order valence-electron chi connectivity index (χ1n) is 11.4. The highest BCUT2D eigenvalue weighted by molar-refractivity contribution is 8.23. The topological polar surface area (TPSA) is 57.2 Å². The summed E-state index contributed by atoms with van der Waals surface area (Å²) in [4.78, 5) is 0. The Balaban J connectivity index is 0.000000390. The maximum Gasteiger partial charge on any atom is 0.485 e. The molecule has 1 saturated carbocycles. The summed E-state index contributed by atoms with van der Waals surface area (Å²) in [6.45, 7) is 2.31. The number of benzene rings is 1. The monoisotopic (exact) mass is 510 g/mol. The summed E-state index contributed by atoms with van der Waals surface area (Å²) in [5.41, 5.74) is -2.60. The predicted molar refractivity (Wildman–Crippen MR) is 129 cm³/mol. The number of unbranched alkanes of at least 4 members (excludes halogenated alkanes) is 3. The molecule has 1 fully saturated rings. The van der Waals surface area contributed by atoms with E-state index in [0.717, 1.165) is 11.8 Å². The average molecular weight is 511 g/mol. The zero-order chi connectivity index (χ0) is 23.6. The van der Waals surface area contributed by atoms with Gasteiger partial charge in [-0.25, -0.2) is 8.42 Å². The lowest BCUT2D eigenvalue weighted by atomic mass is 9.77. The molecular formula is C23H33F3O3S3. The first-order chi connectivity index (χ1) is 15.1. The van der Waals surface area contributed by atoms with Crippen molar-refractivity contribution in [3.8, 4) is 0 Å². The van der Waals surface area contributed by atoms with Crippen LogP contribution in [0.3, 0.4) is 0 Å². The molecule has 0 atom stereocenters. The van der Waals surface area contributed by atoms with Crippen molar-refractivity contribution in [2.75, 3.05) is 11.5 Å². The highest BCUT2D eigenvalue weighted by Gasteiger charge is 2.37. The third-order valence-corrected chi connectivity index (χ3v) is 9.22. The van der Waals surface area contributed by atoms with Gasteiger partial charge in [0.2, 0.25) is 0 Å². The van der Waals surface area contributed by atoms with Gasteiger partial charge >= 0.3 is 5.51 Å². The molecule has 0 radical (unpaired) electrons. The normalized spacial score (nSPS) is 22.0. The molecule has 3 rings (SSSR count). The van der Waals surface area contributed by atoms with Gasteiger partial charge in [0, 0.05) is 17.7 Å². The second kappa shape index (κ2) is 13.3. The van der Waals surface area contributed by atoms with Gasteiger partial charge in [-0.3, -0.25) is 0 Å². The number of rotatable bonds is 7. The molecule has 1 aliphatic heterocycles. The zero-order valence-electron chi connectivity index (χ0n) is 18.5. The fourth-order valence-electron chi connectivity index (χ4n) is 4.13. The Hall–Kier alpha value is -0.640. The summed E-state index contributed by atoms with van der Waals surface area (Å²) in [7, 11) is -6.09. The standard InChI is InChI=1S/C22H33S2.CHF3O3S/c1-2-3-4-5-7-18-8-10-19(11-9-18)20-12-14-21(15-13-20)22-23-16-6-17-24-22;2-1(3,4)8(5,6)7/h12-15,18-19H,2-11,16-17H2,1H3;(H,5,6,7)/q+1;/p-1. The minimum absolute atomic E-state index is 0.822. The van der Waals surface area contributed by atoms with E-state index in [-0.39, 0.29) is 0 Å². The van der Waals surface area contributed by atoms with Crippen LogP contribution in [0.15, 0.2) is 24.3 Å². The lowest BCUT2D eigenvalue weighted by Crippen LogP contribution is -2.21. The summed E-state index contributed by atoms with van der Waals surface area (Å²) in [5, 5.41) is 0. The van der Waals surface area contributed by atoms with Gasteiger partial charge in [0.05, 0.1) is 0 Å². The lowest BCUT2D eigenvalue weighted by molar-refractivity contribution is -0.0517. The molecule has 0 spiro atoms. The molecule has 0 N–H and O–H groups in total. The van der Waals surface area contributed by atoms with Gasteiger partial charge in [0.1, 0.15) is 0 Å². The van der Waals surface area contributed by atoms with E-state index in [0.29, 0.717) is 0 Å². The second-order valence-corrected chi connectivity index (χ2v) is 12.3. The summed E-state index contributed by atoms with van der Waals surface area (Å²) in [6, 6.07) is 9.61. The lowest BCUT2D eigenvalue weighted by Gasteiger charge is -2.29. The molecule has 2 aliphatic rings. The maximum absolute atomic E-state index is 10.7. The van der Waals surface area contributed by atoms with E-state index < -0.39 is 15.6 Å². The van der Waals surface area contributed by atoms with E-state index >= 15 is 0 Å². The predicted octanol–water partition coefficient (Wildman–Crippen LogP) is 6.68. The molecule has 1 aromatic rings. The van der Waals surface area contributed by atoms with E-state index in [2.05, 4.69) is 31.2 Å². The molecule has 32 heavy (non-hydrogen) atoms. The van der Waals surface area contributed by atoms with E-state index in [9.17, 15) is 13.2 Å². The van der Waals surface area contributed by atoms with Crippen LogP contribution >= 0.6 is 11.8 Å². The van der Waals surface area contributed by atoms with Crippen molar-refractivity contribution in [1.29, 1.82) is 0 Å². The van der Waals surface area contributed by atoms with Gasteiger partial charge in [0.25, 0.3) is 4.20 Å². The Morgan fingerprint density at radius 3 is 2.19 bits per heavy atom. The van der Waals surface area contributed by atoms with Crippen LogP contribution in [-0.4, -0.2) is 34.2 Å². The Morgan fingerprint density at radius 1 is 1.06 bits per heavy atom. The fourth-order valence-corrected chi connectivity index (χ4v) is 6.70. The van der Waals surface area contributed by atoms with Crippen LogP contribution < -0.4 is 0 Å². The number of alkyl halides is 3. The Morgan fingerprint density at radius 2 is 1.69 bits per heavy atom. The molecule has 1 aliphatic carbocycles. The van der Waals surface area contributed by atoms with E-state index in [1.165, 1.54) is 81.3 Å². The number of hydrogen-bond donors (Lipinski definition) is 0. The van der Waals surface area contributed by atoms with Crippen molar-refractivity contribution in [2.45, 2.75) is 82.6 Å². The third kappa shape index (κ3) is 9.31. The van der Waals surface area contributed by atoms with Crippen LogP contribution in [0.1, 0.15) is 88.2 Å². The van der Waals surface area contributed by atoms with Gasteiger partial charge in [-0.2, -0.15) is 13.2 Å². The quantitative estimate of drug-likeness (QED) is 0.135. The third-order valence-electron chi connectivity index (χ3n) is 5.97. The smallest absolute Gasteiger partial charge is 0.485 e. The van der Waals surface area contributed by atoms with Gasteiger partial charge in [-0.05, 0) is 55.2 Å². The largest absolute Gasteiger partial charge is 0.741 e. The first-order valence-corrected chi connectivity index (χ1v) is 14.7. The van der Waals surface area contributed by atoms with E-state index in [1.54, 1.807) is 9.76 Å². The van der Waals surface area contributed by atoms with Crippen LogP contribution in [0, 0.1) is 5.92 Å². The summed E-state index contributed by atoms with van der Waals surface area (Å²) in [6.07, 6.45) is 14.3. The summed E-state index contributed by atoms with van der Waals surface area (Å²) in [5.74, 6) is 4.43. The van der Waals surface area contributed by atoms with Crippen LogP contribution in [0.25, 0.3) is 0 Å². The number of thioether (sulfide) groups is 1. The van der Waals surface area contributed by atoms with Crippen LogP contribution in [-0.2, 0) is 21.5 Å². The minimum atomic E-state index is -6.09. The Bertz CT molecular complexity index is 813. The van der Waals surface area contributed by atoms with Crippen molar-refractivity contribution in [3.05, 3.63) is 35.4 Å². The van der Waals surface area contributed by atoms with Crippen molar-refractivity contribution in [3.63, 3.8) is 0 Å². The molecule has 1 heterocycles. The van der Waals surface area contributed by atoms with Crippen LogP contribution in [0.2, 0.25) is 0 Å². The molecular weight excluding hydrogens is 477 g/mol. The summed E-state index contributed by atoms with van der Waals surface area (Å²) >= 11 is 4.10. The molecule has 0 amide bonds. The van der Waals surface area contributed by atoms with Crippen molar-refractivity contribution < 1.29 is 26.1 Å². The Labute approximate surface area is 198 Å². The molecule has 3 nitrogen and oxygen atoms in total. The first kappa shape index (κ1) is 27.6. The highest BCUT2D eigenvalue weighted by Crippen LogP contribution is 2.38. The second-order valence-electron chi connectivity index (χ2n) is 8.43. The van der Waals surface area contributed by atoms with Crippen molar-refractivity contribution in [2.24, 2.45) is 5.92 Å². The van der Waals surface area contributed by atoms with Crippen molar-refractivity contribution >= 4 is 37.4 Å². The van der Waals surface area contributed by atoms with Gasteiger partial charge in [-0.1, -0.05) is 62.9 Å². The summed E-state index contributed by atoms with van der Waals surface area (Å²) < 4.78 is 60.4. The highest BCUT2D eigenvalue weighted by atomic mass is 32.2. The average Bonchev–Trinajstić information content (AvgIpc) is 2.77. The molecule has 1 aromatic carbocycles. The van der Waals surface area contributed by atoms with Crippen molar-refractivity contribution in [1.82, 2.24) is 0 Å².